The molecule has 0 amide bonds. The van der Waals surface area contributed by atoms with Crippen molar-refractivity contribution >= 4 is 12.6 Å². The predicted octanol–water partition coefficient (Wildman–Crippen LogP) is 1.42. The van der Waals surface area contributed by atoms with Crippen LogP contribution in [0, 0.1) is 0 Å². The van der Waals surface area contributed by atoms with Gasteiger partial charge >= 0.3 is 6.36 Å². The van der Waals surface area contributed by atoms with Crippen LogP contribution in [-0.2, 0) is 4.74 Å². The van der Waals surface area contributed by atoms with E-state index in [-0.39, 0.29) is 12.0 Å². The lowest BCUT2D eigenvalue weighted by atomic mass is 10.3. The number of halogens is 3. The second-order valence-electron chi connectivity index (χ2n) is 3.80. The quantitative estimate of drug-likeness (QED) is 0.768. The first-order valence-corrected chi connectivity index (χ1v) is 5.75. The average Bonchev–Trinajstić information content (AvgIpc) is 2.16. The molecule has 0 aromatic rings. The minimum absolute atomic E-state index is 0.202. The minimum Gasteiger partial charge on any atom is -0.299 e. The maximum Gasteiger partial charge on any atom is 0.522 e. The van der Waals surface area contributed by atoms with Crippen molar-refractivity contribution in [3.63, 3.8) is 0 Å². The van der Waals surface area contributed by atoms with Gasteiger partial charge in [-0.2, -0.15) is 12.6 Å². The van der Waals surface area contributed by atoms with Gasteiger partial charge in [0.15, 0.2) is 0 Å². The van der Waals surface area contributed by atoms with E-state index in [2.05, 4.69) is 22.3 Å². The molecule has 0 aromatic carbocycles. The van der Waals surface area contributed by atoms with Crippen molar-refractivity contribution in [1.29, 1.82) is 0 Å². The molecule has 0 aromatic heterocycles. The fraction of sp³-hybridized carbons (Fsp3) is 1.00. The summed E-state index contributed by atoms with van der Waals surface area (Å²) >= 11 is 4.31. The summed E-state index contributed by atoms with van der Waals surface area (Å²) in [5, 5.41) is 0.202. The summed E-state index contributed by atoms with van der Waals surface area (Å²) < 4.78 is 38.9. The molecule has 0 spiro atoms. The summed E-state index contributed by atoms with van der Waals surface area (Å²) in [5.74, 6) is 0. The minimum atomic E-state index is -4.51. The Balaban J connectivity index is 2.13. The highest BCUT2D eigenvalue weighted by Crippen LogP contribution is 2.16. The summed E-state index contributed by atoms with van der Waals surface area (Å²) in [6, 6.07) is 0. The van der Waals surface area contributed by atoms with Crippen molar-refractivity contribution < 1.29 is 17.9 Å². The first-order valence-electron chi connectivity index (χ1n) is 5.23. The monoisotopic (exact) mass is 258 g/mol. The Hall–Kier alpha value is 0.0200. The van der Waals surface area contributed by atoms with E-state index in [0.29, 0.717) is 6.54 Å². The molecule has 1 unspecified atom stereocenters. The van der Waals surface area contributed by atoms with E-state index < -0.39 is 6.36 Å². The summed E-state index contributed by atoms with van der Waals surface area (Å²) in [4.78, 5) is 4.16. The third-order valence-electron chi connectivity index (χ3n) is 2.61. The summed E-state index contributed by atoms with van der Waals surface area (Å²) in [7, 11) is 0. The van der Waals surface area contributed by atoms with Crippen LogP contribution in [0.1, 0.15) is 6.92 Å². The van der Waals surface area contributed by atoms with Crippen LogP contribution >= 0.6 is 12.6 Å². The van der Waals surface area contributed by atoms with Crippen LogP contribution in [0.25, 0.3) is 0 Å². The number of alkyl halides is 3. The van der Waals surface area contributed by atoms with Crippen LogP contribution in [0.4, 0.5) is 13.2 Å². The SMILES string of the molecule is CC(S)N1CCN(CCOC(F)(F)F)CC1. The fourth-order valence-electron chi connectivity index (χ4n) is 1.65. The van der Waals surface area contributed by atoms with Crippen LogP contribution in [-0.4, -0.2) is 60.9 Å². The number of hydrogen-bond acceptors (Lipinski definition) is 4. The zero-order valence-corrected chi connectivity index (χ0v) is 10.1. The molecule has 96 valence electrons. The van der Waals surface area contributed by atoms with Crippen molar-refractivity contribution in [2.75, 3.05) is 39.3 Å². The van der Waals surface area contributed by atoms with E-state index >= 15 is 0 Å². The Labute approximate surface area is 98.9 Å². The molecule has 3 nitrogen and oxygen atoms in total. The second-order valence-corrected chi connectivity index (χ2v) is 4.55. The van der Waals surface area contributed by atoms with Gasteiger partial charge in [-0.1, -0.05) is 0 Å². The van der Waals surface area contributed by atoms with E-state index in [1.807, 2.05) is 11.8 Å². The van der Waals surface area contributed by atoms with Crippen molar-refractivity contribution in [2.45, 2.75) is 18.7 Å². The molecule has 1 aliphatic heterocycles. The molecular formula is C9H17F3N2OS. The molecule has 0 N–H and O–H groups in total. The zero-order chi connectivity index (χ0) is 12.2. The average molecular weight is 258 g/mol. The van der Waals surface area contributed by atoms with Gasteiger partial charge in [0.1, 0.15) is 0 Å². The molecule has 1 fully saturated rings. The maximum atomic E-state index is 11.7. The lowest BCUT2D eigenvalue weighted by Gasteiger charge is -2.36. The van der Waals surface area contributed by atoms with Crippen molar-refractivity contribution in [3.8, 4) is 0 Å². The largest absolute Gasteiger partial charge is 0.522 e. The van der Waals surface area contributed by atoms with Gasteiger partial charge < -0.3 is 0 Å². The topological polar surface area (TPSA) is 15.7 Å². The molecule has 0 radical (unpaired) electrons. The van der Waals surface area contributed by atoms with Crippen molar-refractivity contribution in [1.82, 2.24) is 9.80 Å². The highest BCUT2D eigenvalue weighted by molar-refractivity contribution is 7.80. The van der Waals surface area contributed by atoms with E-state index in [0.717, 1.165) is 26.2 Å². The molecule has 0 aliphatic carbocycles. The van der Waals surface area contributed by atoms with Crippen LogP contribution in [0.15, 0.2) is 0 Å². The predicted molar refractivity (Wildman–Crippen MR) is 58.5 cm³/mol. The highest BCUT2D eigenvalue weighted by Gasteiger charge is 2.29. The number of piperazine rings is 1. The first-order chi connectivity index (χ1) is 7.38. The van der Waals surface area contributed by atoms with Crippen molar-refractivity contribution in [2.24, 2.45) is 0 Å². The molecule has 16 heavy (non-hydrogen) atoms. The summed E-state index contributed by atoms with van der Waals surface area (Å²) in [5.41, 5.74) is 0. The Bertz CT molecular complexity index is 205. The molecular weight excluding hydrogens is 241 g/mol. The molecule has 1 aliphatic rings. The van der Waals surface area contributed by atoms with Gasteiger partial charge in [0.2, 0.25) is 0 Å². The second kappa shape index (κ2) is 6.09. The normalized spacial score (nSPS) is 22.3. The van der Waals surface area contributed by atoms with E-state index in [1.165, 1.54) is 0 Å². The first kappa shape index (κ1) is 14.1. The maximum absolute atomic E-state index is 11.7. The molecule has 0 saturated carbocycles. The summed E-state index contributed by atoms with van der Waals surface area (Å²) in [6.45, 7) is 5.26. The lowest BCUT2D eigenvalue weighted by Crippen LogP contribution is -2.49. The Morgan fingerprint density at radius 2 is 1.81 bits per heavy atom. The van der Waals surface area contributed by atoms with Gasteiger partial charge in [0.05, 0.1) is 6.61 Å². The molecule has 0 bridgehead atoms. The highest BCUT2D eigenvalue weighted by atomic mass is 32.1. The standard InChI is InChI=1S/C9H17F3N2OS/c1-8(16)14-4-2-13(3-5-14)6-7-15-9(10,11)12/h8,16H,2-7H2,1H3. The number of nitrogens with zero attached hydrogens (tertiary/aromatic N) is 2. The van der Waals surface area contributed by atoms with E-state index in [1.54, 1.807) is 0 Å². The van der Waals surface area contributed by atoms with Gasteiger partial charge in [0, 0.05) is 38.1 Å². The molecule has 1 saturated heterocycles. The van der Waals surface area contributed by atoms with Crippen LogP contribution in [0.5, 0.6) is 0 Å². The molecule has 1 rings (SSSR count). The van der Waals surface area contributed by atoms with Gasteiger partial charge in [-0.15, -0.1) is 13.2 Å². The van der Waals surface area contributed by atoms with E-state index in [4.69, 9.17) is 0 Å². The van der Waals surface area contributed by atoms with Crippen LogP contribution < -0.4 is 0 Å². The van der Waals surface area contributed by atoms with Gasteiger partial charge in [-0.05, 0) is 6.92 Å². The van der Waals surface area contributed by atoms with Gasteiger partial charge in [-0.3, -0.25) is 14.5 Å². The van der Waals surface area contributed by atoms with Crippen LogP contribution in [0.3, 0.4) is 0 Å². The number of ether oxygens (including phenoxy) is 1. The van der Waals surface area contributed by atoms with Crippen molar-refractivity contribution in [3.05, 3.63) is 0 Å². The van der Waals surface area contributed by atoms with Crippen LogP contribution in [0.2, 0.25) is 0 Å². The molecule has 1 heterocycles. The van der Waals surface area contributed by atoms with Gasteiger partial charge in [0.25, 0.3) is 0 Å². The fourth-order valence-corrected chi connectivity index (χ4v) is 1.88. The van der Waals surface area contributed by atoms with Gasteiger partial charge in [-0.25, -0.2) is 0 Å². The smallest absolute Gasteiger partial charge is 0.299 e. The number of thiol groups is 1. The summed E-state index contributed by atoms with van der Waals surface area (Å²) in [6.07, 6.45) is -4.51. The molecule has 7 heteroatoms. The number of hydrogen-bond donors (Lipinski definition) is 1. The Kier molecular flexibility index (Phi) is 5.36. The zero-order valence-electron chi connectivity index (χ0n) is 9.20. The third-order valence-corrected chi connectivity index (χ3v) is 2.94. The Morgan fingerprint density at radius 3 is 2.25 bits per heavy atom. The number of rotatable bonds is 4. The molecule has 1 atom stereocenters. The lowest BCUT2D eigenvalue weighted by molar-refractivity contribution is -0.325. The van der Waals surface area contributed by atoms with E-state index in [9.17, 15) is 13.2 Å². The third kappa shape index (κ3) is 5.38. The Morgan fingerprint density at radius 1 is 1.25 bits per heavy atom.